The second-order valence-corrected chi connectivity index (χ2v) is 6.34. The van der Waals surface area contributed by atoms with Crippen LogP contribution >= 0.6 is 11.6 Å². The second kappa shape index (κ2) is 7.07. The SMILES string of the molecule is Cc1ccc2nc(COC(=O)C(C)c3cccc(Cl)c3)cc(=O)n2c1. The Morgan fingerprint density at radius 3 is 2.84 bits per heavy atom. The van der Waals surface area contributed by atoms with Gasteiger partial charge in [-0.05, 0) is 43.2 Å². The fourth-order valence-electron chi connectivity index (χ4n) is 2.51. The third kappa shape index (κ3) is 3.88. The van der Waals surface area contributed by atoms with Crippen molar-refractivity contribution in [3.63, 3.8) is 0 Å². The van der Waals surface area contributed by atoms with Gasteiger partial charge in [-0.2, -0.15) is 0 Å². The highest BCUT2D eigenvalue weighted by Crippen LogP contribution is 2.20. The molecule has 0 N–H and O–H groups in total. The lowest BCUT2D eigenvalue weighted by Gasteiger charge is -2.12. The van der Waals surface area contributed by atoms with Gasteiger partial charge < -0.3 is 4.74 Å². The fourth-order valence-corrected chi connectivity index (χ4v) is 2.71. The standard InChI is InChI=1S/C19H17ClN2O3/c1-12-6-7-17-21-16(9-18(23)22(17)10-12)11-25-19(24)13(2)14-4-3-5-15(20)8-14/h3-10,13H,11H2,1-2H3. The molecule has 1 unspecified atom stereocenters. The highest BCUT2D eigenvalue weighted by atomic mass is 35.5. The number of pyridine rings is 1. The number of carbonyl (C=O) groups is 1. The molecule has 3 rings (SSSR count). The molecule has 1 aromatic carbocycles. The van der Waals surface area contributed by atoms with Gasteiger partial charge in [0.05, 0.1) is 11.6 Å². The lowest BCUT2D eigenvalue weighted by atomic mass is 10.0. The highest BCUT2D eigenvalue weighted by molar-refractivity contribution is 6.30. The Morgan fingerprint density at radius 1 is 1.28 bits per heavy atom. The summed E-state index contributed by atoms with van der Waals surface area (Å²) in [6.07, 6.45) is 1.72. The number of fused-ring (bicyclic) bond motifs is 1. The molecule has 0 saturated carbocycles. The van der Waals surface area contributed by atoms with Gasteiger partial charge in [-0.1, -0.05) is 29.8 Å². The van der Waals surface area contributed by atoms with Gasteiger partial charge in [-0.3, -0.25) is 14.0 Å². The molecule has 128 valence electrons. The Morgan fingerprint density at radius 2 is 2.08 bits per heavy atom. The van der Waals surface area contributed by atoms with E-state index in [9.17, 15) is 9.59 Å². The van der Waals surface area contributed by atoms with E-state index in [0.717, 1.165) is 11.1 Å². The Labute approximate surface area is 149 Å². The Kier molecular flexibility index (Phi) is 4.86. The minimum atomic E-state index is -0.456. The highest BCUT2D eigenvalue weighted by Gasteiger charge is 2.17. The van der Waals surface area contributed by atoms with Crippen molar-refractivity contribution in [1.29, 1.82) is 0 Å². The molecule has 5 nitrogen and oxygen atoms in total. The molecule has 25 heavy (non-hydrogen) atoms. The predicted molar refractivity (Wildman–Crippen MR) is 95.9 cm³/mol. The molecule has 0 spiro atoms. The number of hydrogen-bond donors (Lipinski definition) is 0. The molecule has 2 heterocycles. The topological polar surface area (TPSA) is 60.7 Å². The molecule has 6 heteroatoms. The Bertz CT molecular complexity index is 997. The van der Waals surface area contributed by atoms with E-state index in [0.29, 0.717) is 16.4 Å². The summed E-state index contributed by atoms with van der Waals surface area (Å²) in [5, 5.41) is 0.566. The Hall–Kier alpha value is -2.66. The third-order valence-electron chi connectivity index (χ3n) is 3.93. The first-order chi connectivity index (χ1) is 11.9. The van der Waals surface area contributed by atoms with E-state index in [2.05, 4.69) is 4.98 Å². The van der Waals surface area contributed by atoms with E-state index < -0.39 is 11.9 Å². The van der Waals surface area contributed by atoms with Gasteiger partial charge in [0, 0.05) is 17.3 Å². The number of nitrogens with zero attached hydrogens (tertiary/aromatic N) is 2. The van der Waals surface area contributed by atoms with Crippen LogP contribution in [0.25, 0.3) is 5.65 Å². The van der Waals surface area contributed by atoms with Gasteiger partial charge in [0.2, 0.25) is 0 Å². The van der Waals surface area contributed by atoms with Gasteiger partial charge >= 0.3 is 5.97 Å². The molecular weight excluding hydrogens is 340 g/mol. The monoisotopic (exact) mass is 356 g/mol. The van der Waals surface area contributed by atoms with Crippen LogP contribution in [-0.4, -0.2) is 15.4 Å². The zero-order valence-electron chi connectivity index (χ0n) is 13.9. The first-order valence-electron chi connectivity index (χ1n) is 7.85. The maximum absolute atomic E-state index is 12.2. The van der Waals surface area contributed by atoms with Crippen molar-refractivity contribution in [3.8, 4) is 0 Å². The molecule has 3 aromatic rings. The van der Waals surface area contributed by atoms with Crippen LogP contribution in [0.2, 0.25) is 5.02 Å². The minimum absolute atomic E-state index is 0.0522. The van der Waals surface area contributed by atoms with Crippen LogP contribution in [0, 0.1) is 6.92 Å². The smallest absolute Gasteiger partial charge is 0.313 e. The molecule has 0 amide bonds. The van der Waals surface area contributed by atoms with Crippen LogP contribution in [0.3, 0.4) is 0 Å². The first kappa shape index (κ1) is 17.2. The van der Waals surface area contributed by atoms with Crippen LogP contribution < -0.4 is 5.56 Å². The van der Waals surface area contributed by atoms with Crippen molar-refractivity contribution >= 4 is 23.2 Å². The largest absolute Gasteiger partial charge is 0.459 e. The maximum Gasteiger partial charge on any atom is 0.313 e. The summed E-state index contributed by atoms with van der Waals surface area (Å²) in [4.78, 5) is 28.8. The van der Waals surface area contributed by atoms with Crippen LogP contribution in [0.15, 0.2) is 53.5 Å². The quantitative estimate of drug-likeness (QED) is 0.671. The van der Waals surface area contributed by atoms with E-state index in [-0.39, 0.29) is 12.2 Å². The zero-order valence-corrected chi connectivity index (χ0v) is 14.7. The number of rotatable bonds is 4. The Balaban J connectivity index is 1.75. The predicted octanol–water partition coefficient (Wildman–Crippen LogP) is 3.50. The van der Waals surface area contributed by atoms with E-state index in [1.807, 2.05) is 19.1 Å². The number of carbonyl (C=O) groups excluding carboxylic acids is 1. The van der Waals surface area contributed by atoms with E-state index >= 15 is 0 Å². The molecule has 0 aliphatic rings. The van der Waals surface area contributed by atoms with Crippen molar-refractivity contribution in [3.05, 3.63) is 80.9 Å². The van der Waals surface area contributed by atoms with E-state index in [1.54, 1.807) is 37.4 Å². The third-order valence-corrected chi connectivity index (χ3v) is 4.16. The molecule has 0 radical (unpaired) electrons. The lowest BCUT2D eigenvalue weighted by Crippen LogP contribution is -2.18. The zero-order chi connectivity index (χ0) is 18.0. The molecule has 0 fully saturated rings. The molecule has 0 aliphatic carbocycles. The first-order valence-corrected chi connectivity index (χ1v) is 8.23. The van der Waals surface area contributed by atoms with E-state index in [4.69, 9.17) is 16.3 Å². The summed E-state index contributed by atoms with van der Waals surface area (Å²) in [6, 6.07) is 12.1. The van der Waals surface area contributed by atoms with Crippen molar-refractivity contribution in [1.82, 2.24) is 9.38 Å². The van der Waals surface area contributed by atoms with Crippen LogP contribution in [0.4, 0.5) is 0 Å². The molecule has 0 aliphatic heterocycles. The van der Waals surface area contributed by atoms with Crippen molar-refractivity contribution in [2.45, 2.75) is 26.4 Å². The van der Waals surface area contributed by atoms with Crippen LogP contribution in [0.1, 0.15) is 29.7 Å². The number of benzene rings is 1. The molecular formula is C19H17ClN2O3. The fraction of sp³-hybridized carbons (Fsp3) is 0.211. The van der Waals surface area contributed by atoms with Gasteiger partial charge in [0.25, 0.3) is 5.56 Å². The molecule has 2 aromatic heterocycles. The molecule has 1 atom stereocenters. The number of ether oxygens (including phenoxy) is 1. The summed E-state index contributed by atoms with van der Waals surface area (Å²) < 4.78 is 6.79. The number of esters is 1. The van der Waals surface area contributed by atoms with Gasteiger partial charge in [-0.15, -0.1) is 0 Å². The summed E-state index contributed by atoms with van der Waals surface area (Å²) in [5.74, 6) is -0.851. The number of aryl methyl sites for hydroxylation is 1. The average Bonchev–Trinajstić information content (AvgIpc) is 2.59. The molecule has 0 saturated heterocycles. The van der Waals surface area contributed by atoms with Gasteiger partial charge in [0.1, 0.15) is 12.3 Å². The van der Waals surface area contributed by atoms with Crippen molar-refractivity contribution in [2.24, 2.45) is 0 Å². The van der Waals surface area contributed by atoms with E-state index in [1.165, 1.54) is 10.5 Å². The normalized spacial score (nSPS) is 12.1. The lowest BCUT2D eigenvalue weighted by molar-refractivity contribution is -0.146. The van der Waals surface area contributed by atoms with Gasteiger partial charge in [0.15, 0.2) is 0 Å². The summed E-state index contributed by atoms with van der Waals surface area (Å²) >= 11 is 5.95. The number of hydrogen-bond acceptors (Lipinski definition) is 4. The average molecular weight is 357 g/mol. The number of aromatic nitrogens is 2. The second-order valence-electron chi connectivity index (χ2n) is 5.90. The summed E-state index contributed by atoms with van der Waals surface area (Å²) in [6.45, 7) is 3.60. The summed E-state index contributed by atoms with van der Waals surface area (Å²) in [7, 11) is 0. The number of halogens is 1. The van der Waals surface area contributed by atoms with Gasteiger partial charge in [-0.25, -0.2) is 4.98 Å². The van der Waals surface area contributed by atoms with Crippen LogP contribution in [-0.2, 0) is 16.1 Å². The minimum Gasteiger partial charge on any atom is -0.459 e. The summed E-state index contributed by atoms with van der Waals surface area (Å²) in [5.41, 5.74) is 2.47. The van der Waals surface area contributed by atoms with Crippen molar-refractivity contribution < 1.29 is 9.53 Å². The van der Waals surface area contributed by atoms with Crippen LogP contribution in [0.5, 0.6) is 0 Å². The molecule has 0 bridgehead atoms. The maximum atomic E-state index is 12.2. The van der Waals surface area contributed by atoms with Crippen molar-refractivity contribution in [2.75, 3.05) is 0 Å².